The van der Waals surface area contributed by atoms with Gasteiger partial charge in [-0.15, -0.1) is 0 Å². The van der Waals surface area contributed by atoms with E-state index in [4.69, 9.17) is 9.47 Å². The number of anilines is 1. The summed E-state index contributed by atoms with van der Waals surface area (Å²) in [6, 6.07) is 10.6. The predicted molar refractivity (Wildman–Crippen MR) is 91.8 cm³/mol. The van der Waals surface area contributed by atoms with Crippen molar-refractivity contribution in [2.24, 2.45) is 0 Å². The molecular formula is C16H16BrNO4S. The topological polar surface area (TPSA) is 64.6 Å². The van der Waals surface area contributed by atoms with Gasteiger partial charge in [0.1, 0.15) is 0 Å². The zero-order valence-corrected chi connectivity index (χ0v) is 14.9. The molecule has 1 heterocycles. The summed E-state index contributed by atoms with van der Waals surface area (Å²) >= 11 is 3.52. The van der Waals surface area contributed by atoms with E-state index in [2.05, 4.69) is 21.2 Å². The first-order valence-electron chi connectivity index (χ1n) is 7.14. The molecule has 0 fully saturated rings. The molecule has 2 aromatic carbocycles. The van der Waals surface area contributed by atoms with Crippen LogP contribution in [0.1, 0.15) is 12.5 Å². The molecule has 3 rings (SSSR count). The molecule has 0 spiro atoms. The Kier molecular flexibility index (Phi) is 4.50. The Bertz CT molecular complexity index is 819. The van der Waals surface area contributed by atoms with E-state index >= 15 is 0 Å². The van der Waals surface area contributed by atoms with Crippen LogP contribution in [-0.4, -0.2) is 21.0 Å². The van der Waals surface area contributed by atoms with Crippen molar-refractivity contribution in [3.05, 3.63) is 46.4 Å². The van der Waals surface area contributed by atoms with E-state index in [0.29, 0.717) is 11.4 Å². The van der Waals surface area contributed by atoms with Gasteiger partial charge in [0.25, 0.3) is 0 Å². The molecule has 1 aliphatic rings. The minimum atomic E-state index is -3.16. The number of benzene rings is 2. The molecule has 5 nitrogen and oxygen atoms in total. The molecule has 1 N–H and O–H groups in total. The Balaban J connectivity index is 1.72. The van der Waals surface area contributed by atoms with Crippen LogP contribution in [0.4, 0.5) is 5.69 Å². The van der Waals surface area contributed by atoms with E-state index in [-0.39, 0.29) is 12.5 Å². The Labute approximate surface area is 143 Å². The number of hydrogen-bond acceptors (Lipinski definition) is 5. The lowest BCUT2D eigenvalue weighted by atomic mass is 10.2. The van der Waals surface area contributed by atoms with E-state index < -0.39 is 9.84 Å². The maximum Gasteiger partial charge on any atom is 0.231 e. The van der Waals surface area contributed by atoms with Crippen LogP contribution < -0.4 is 14.8 Å². The monoisotopic (exact) mass is 397 g/mol. The van der Waals surface area contributed by atoms with Gasteiger partial charge in [0.05, 0.1) is 10.6 Å². The van der Waals surface area contributed by atoms with Crippen molar-refractivity contribution in [1.29, 1.82) is 0 Å². The third kappa shape index (κ3) is 3.45. The quantitative estimate of drug-likeness (QED) is 0.834. The lowest BCUT2D eigenvalue weighted by Crippen LogP contribution is -2.04. The highest BCUT2D eigenvalue weighted by atomic mass is 79.9. The van der Waals surface area contributed by atoms with Crippen LogP contribution in [-0.2, 0) is 16.4 Å². The van der Waals surface area contributed by atoms with E-state index in [1.54, 1.807) is 31.2 Å². The van der Waals surface area contributed by atoms with Gasteiger partial charge in [-0.2, -0.15) is 0 Å². The van der Waals surface area contributed by atoms with Crippen LogP contribution in [0.3, 0.4) is 0 Å². The number of ether oxygens (including phenoxy) is 2. The Hall–Kier alpha value is -1.73. The number of sulfone groups is 1. The highest BCUT2D eigenvalue weighted by molar-refractivity contribution is 9.10. The molecule has 1 aliphatic heterocycles. The summed E-state index contributed by atoms with van der Waals surface area (Å²) in [5.74, 6) is 1.56. The van der Waals surface area contributed by atoms with E-state index in [1.165, 1.54) is 0 Å². The highest BCUT2D eigenvalue weighted by Gasteiger charge is 2.16. The summed E-state index contributed by atoms with van der Waals surface area (Å²) in [5, 5.41) is 3.27. The molecule has 7 heteroatoms. The molecule has 0 bridgehead atoms. The molecule has 0 unspecified atom stereocenters. The summed E-state index contributed by atoms with van der Waals surface area (Å²) < 4.78 is 35.2. The molecule has 122 valence electrons. The van der Waals surface area contributed by atoms with Crippen LogP contribution in [0, 0.1) is 0 Å². The fourth-order valence-corrected chi connectivity index (χ4v) is 3.59. The van der Waals surface area contributed by atoms with Crippen LogP contribution in [0.5, 0.6) is 11.5 Å². The maximum atomic E-state index is 11.8. The molecule has 23 heavy (non-hydrogen) atoms. The minimum Gasteiger partial charge on any atom is -0.454 e. The predicted octanol–water partition coefficient (Wildman–Crippen LogP) is 3.58. The second-order valence-corrected chi connectivity index (χ2v) is 8.21. The fraction of sp³-hybridized carbons (Fsp3) is 0.250. The number of halogens is 1. The Morgan fingerprint density at radius 2 is 1.78 bits per heavy atom. The first kappa shape index (κ1) is 16.1. The number of nitrogens with one attached hydrogen (secondary N) is 1. The fourth-order valence-electron chi connectivity index (χ4n) is 2.24. The lowest BCUT2D eigenvalue weighted by Gasteiger charge is -2.10. The zero-order chi connectivity index (χ0) is 16.4. The third-order valence-corrected chi connectivity index (χ3v) is 6.11. The maximum absolute atomic E-state index is 11.8. The minimum absolute atomic E-state index is 0.101. The van der Waals surface area contributed by atoms with Crippen LogP contribution in [0.25, 0.3) is 0 Å². The average molecular weight is 398 g/mol. The summed E-state index contributed by atoms with van der Waals surface area (Å²) in [6.07, 6.45) is 0. The van der Waals surface area contributed by atoms with Crippen molar-refractivity contribution >= 4 is 31.5 Å². The zero-order valence-electron chi connectivity index (χ0n) is 12.5. The summed E-state index contributed by atoms with van der Waals surface area (Å²) in [7, 11) is -3.16. The first-order chi connectivity index (χ1) is 11.0. The van der Waals surface area contributed by atoms with Gasteiger partial charge in [0, 0.05) is 16.7 Å². The van der Waals surface area contributed by atoms with Crippen LogP contribution >= 0.6 is 15.9 Å². The second kappa shape index (κ2) is 6.41. The van der Waals surface area contributed by atoms with Gasteiger partial charge in [-0.25, -0.2) is 8.42 Å². The van der Waals surface area contributed by atoms with Gasteiger partial charge >= 0.3 is 0 Å². The Morgan fingerprint density at radius 3 is 2.43 bits per heavy atom. The highest BCUT2D eigenvalue weighted by Crippen LogP contribution is 2.37. The summed E-state index contributed by atoms with van der Waals surface area (Å²) in [4.78, 5) is 0.342. The van der Waals surface area contributed by atoms with Gasteiger partial charge in [0.2, 0.25) is 6.79 Å². The van der Waals surface area contributed by atoms with Gasteiger partial charge in [-0.1, -0.05) is 22.9 Å². The number of rotatable bonds is 5. The molecule has 0 saturated heterocycles. The largest absolute Gasteiger partial charge is 0.454 e. The molecule has 0 amide bonds. The van der Waals surface area contributed by atoms with Crippen LogP contribution in [0.15, 0.2) is 45.8 Å². The van der Waals surface area contributed by atoms with Gasteiger partial charge in [-0.3, -0.25) is 0 Å². The van der Waals surface area contributed by atoms with Crippen molar-refractivity contribution in [3.8, 4) is 11.5 Å². The molecular weight excluding hydrogens is 382 g/mol. The van der Waals surface area contributed by atoms with Crippen molar-refractivity contribution in [2.75, 3.05) is 17.9 Å². The average Bonchev–Trinajstić information content (AvgIpc) is 3.00. The van der Waals surface area contributed by atoms with Crippen LogP contribution in [0.2, 0.25) is 0 Å². The molecule has 0 atom stereocenters. The first-order valence-corrected chi connectivity index (χ1v) is 9.59. The summed E-state index contributed by atoms with van der Waals surface area (Å²) in [6.45, 7) is 2.46. The van der Waals surface area contributed by atoms with Gasteiger partial charge in [0.15, 0.2) is 21.3 Å². The standard InChI is InChI=1S/C16H16BrNO4S/c1-2-23(19,20)13-5-3-12(4-6-13)18-9-11-7-15-16(8-14(11)17)22-10-21-15/h3-8,18H,2,9-10H2,1H3. The SMILES string of the molecule is CCS(=O)(=O)c1ccc(NCc2cc3c(cc2Br)OCO3)cc1. The number of hydrogen-bond donors (Lipinski definition) is 1. The van der Waals surface area contributed by atoms with E-state index in [0.717, 1.165) is 27.2 Å². The Morgan fingerprint density at radius 1 is 1.13 bits per heavy atom. The van der Waals surface area contributed by atoms with Crippen molar-refractivity contribution < 1.29 is 17.9 Å². The number of fused-ring (bicyclic) bond motifs is 1. The van der Waals surface area contributed by atoms with Crippen molar-refractivity contribution in [3.63, 3.8) is 0 Å². The summed E-state index contributed by atoms with van der Waals surface area (Å²) in [5.41, 5.74) is 1.88. The molecule has 0 aromatic heterocycles. The molecule has 0 radical (unpaired) electrons. The van der Waals surface area contributed by atoms with Gasteiger partial charge in [-0.05, 0) is 42.0 Å². The van der Waals surface area contributed by atoms with E-state index in [9.17, 15) is 8.42 Å². The van der Waals surface area contributed by atoms with Gasteiger partial charge < -0.3 is 14.8 Å². The molecule has 2 aromatic rings. The third-order valence-electron chi connectivity index (χ3n) is 3.62. The second-order valence-electron chi connectivity index (χ2n) is 5.08. The normalized spacial score (nSPS) is 13.1. The van der Waals surface area contributed by atoms with Crippen molar-refractivity contribution in [1.82, 2.24) is 0 Å². The lowest BCUT2D eigenvalue weighted by molar-refractivity contribution is 0.174. The smallest absolute Gasteiger partial charge is 0.231 e. The molecule has 0 saturated carbocycles. The van der Waals surface area contributed by atoms with E-state index in [1.807, 2.05) is 12.1 Å². The molecule has 0 aliphatic carbocycles. The van der Waals surface area contributed by atoms with Crippen molar-refractivity contribution in [2.45, 2.75) is 18.4 Å².